The Balaban J connectivity index is 2.37. The van der Waals surface area contributed by atoms with E-state index in [-0.39, 0.29) is 17.1 Å². The van der Waals surface area contributed by atoms with Crippen molar-refractivity contribution in [1.82, 2.24) is 0 Å². The molecule has 0 amide bonds. The standard InChI is InChI=1S/C16H14F3NO2S/c1-3-20-14-9-11(16(17,18)19)5-6-12(14)13-8-10(2)4-7-15(13)23(20,21)22/h4-9H,3H2,1-2H3. The van der Waals surface area contributed by atoms with E-state index in [1.165, 1.54) is 12.1 Å². The highest BCUT2D eigenvalue weighted by molar-refractivity contribution is 7.93. The number of hydrogen-bond donors (Lipinski definition) is 0. The zero-order valence-corrected chi connectivity index (χ0v) is 13.3. The minimum atomic E-state index is -4.52. The number of alkyl halides is 3. The van der Waals surface area contributed by atoms with Crippen LogP contribution in [-0.2, 0) is 16.2 Å². The molecule has 0 N–H and O–H groups in total. The van der Waals surface area contributed by atoms with Gasteiger partial charge in [-0.3, -0.25) is 4.31 Å². The molecule has 2 aromatic rings. The van der Waals surface area contributed by atoms with E-state index in [1.807, 2.05) is 6.92 Å². The minimum absolute atomic E-state index is 0.0595. The van der Waals surface area contributed by atoms with Crippen LogP contribution in [0, 0.1) is 6.92 Å². The monoisotopic (exact) mass is 341 g/mol. The van der Waals surface area contributed by atoms with Gasteiger partial charge in [0.2, 0.25) is 0 Å². The average molecular weight is 341 g/mol. The van der Waals surface area contributed by atoms with Gasteiger partial charge in [-0.15, -0.1) is 0 Å². The smallest absolute Gasteiger partial charge is 0.266 e. The zero-order chi connectivity index (χ0) is 17.0. The SMILES string of the molecule is CCN1c2cc(C(F)(F)F)ccc2-c2cc(C)ccc2S1(=O)=O. The van der Waals surface area contributed by atoms with Crippen LogP contribution in [0.1, 0.15) is 18.1 Å². The van der Waals surface area contributed by atoms with Gasteiger partial charge >= 0.3 is 6.18 Å². The molecule has 0 spiro atoms. The second kappa shape index (κ2) is 4.99. The van der Waals surface area contributed by atoms with Crippen LogP contribution in [0.4, 0.5) is 18.9 Å². The van der Waals surface area contributed by atoms with Crippen molar-refractivity contribution in [2.45, 2.75) is 24.9 Å². The van der Waals surface area contributed by atoms with Gasteiger partial charge in [-0.2, -0.15) is 13.2 Å². The Morgan fingerprint density at radius 2 is 1.74 bits per heavy atom. The molecule has 122 valence electrons. The van der Waals surface area contributed by atoms with E-state index < -0.39 is 21.8 Å². The molecule has 1 aliphatic heterocycles. The largest absolute Gasteiger partial charge is 0.416 e. The van der Waals surface area contributed by atoms with E-state index >= 15 is 0 Å². The summed E-state index contributed by atoms with van der Waals surface area (Å²) < 4.78 is 65.4. The molecular weight excluding hydrogens is 327 g/mol. The Labute approximate surface area is 132 Å². The summed E-state index contributed by atoms with van der Waals surface area (Å²) in [5.41, 5.74) is 0.989. The predicted octanol–water partition coefficient (Wildman–Crippen LogP) is 4.21. The fraction of sp³-hybridized carbons (Fsp3) is 0.250. The fourth-order valence-corrected chi connectivity index (χ4v) is 4.48. The molecule has 2 aromatic carbocycles. The summed E-state index contributed by atoms with van der Waals surface area (Å²) in [5.74, 6) is 0. The Kier molecular flexibility index (Phi) is 3.44. The van der Waals surface area contributed by atoms with Crippen molar-refractivity contribution in [2.24, 2.45) is 0 Å². The zero-order valence-electron chi connectivity index (χ0n) is 12.5. The first-order chi connectivity index (χ1) is 10.7. The highest BCUT2D eigenvalue weighted by Gasteiger charge is 2.37. The summed E-state index contributed by atoms with van der Waals surface area (Å²) >= 11 is 0. The summed E-state index contributed by atoms with van der Waals surface area (Å²) in [7, 11) is -3.86. The number of rotatable bonds is 1. The molecule has 0 unspecified atom stereocenters. The molecule has 0 saturated carbocycles. The number of fused-ring (bicyclic) bond motifs is 3. The van der Waals surface area contributed by atoms with Crippen molar-refractivity contribution in [3.8, 4) is 11.1 Å². The van der Waals surface area contributed by atoms with Crippen LogP contribution in [0.3, 0.4) is 0 Å². The fourth-order valence-electron chi connectivity index (χ4n) is 2.81. The van der Waals surface area contributed by atoms with E-state index in [4.69, 9.17) is 0 Å². The number of sulfonamides is 1. The summed E-state index contributed by atoms with van der Waals surface area (Å²) in [4.78, 5) is 0.122. The van der Waals surface area contributed by atoms with Crippen molar-refractivity contribution in [3.05, 3.63) is 47.5 Å². The van der Waals surface area contributed by atoms with Gasteiger partial charge in [-0.25, -0.2) is 8.42 Å². The number of nitrogens with zero attached hydrogens (tertiary/aromatic N) is 1. The molecule has 0 bridgehead atoms. The Morgan fingerprint density at radius 3 is 2.35 bits per heavy atom. The van der Waals surface area contributed by atoms with E-state index in [2.05, 4.69) is 0 Å². The van der Waals surface area contributed by atoms with Gasteiger partial charge in [-0.05, 0) is 38.1 Å². The van der Waals surface area contributed by atoms with Gasteiger partial charge in [0, 0.05) is 17.7 Å². The van der Waals surface area contributed by atoms with Crippen LogP contribution in [0.25, 0.3) is 11.1 Å². The minimum Gasteiger partial charge on any atom is -0.266 e. The van der Waals surface area contributed by atoms with E-state index in [1.54, 1.807) is 19.1 Å². The van der Waals surface area contributed by atoms with Crippen molar-refractivity contribution in [1.29, 1.82) is 0 Å². The molecule has 7 heteroatoms. The number of anilines is 1. The van der Waals surface area contributed by atoms with Gasteiger partial charge in [0.1, 0.15) is 0 Å². The lowest BCUT2D eigenvalue weighted by atomic mass is 9.99. The van der Waals surface area contributed by atoms with Crippen molar-refractivity contribution in [3.63, 3.8) is 0 Å². The van der Waals surface area contributed by atoms with Gasteiger partial charge in [0.25, 0.3) is 10.0 Å². The Bertz CT molecular complexity index is 889. The maximum atomic E-state index is 13.0. The number of aryl methyl sites for hydroxylation is 1. The summed E-state index contributed by atoms with van der Waals surface area (Å²) in [6.45, 7) is 3.47. The molecular formula is C16H14F3NO2S. The first-order valence-electron chi connectivity index (χ1n) is 7.01. The highest BCUT2D eigenvalue weighted by atomic mass is 32.2. The maximum absolute atomic E-state index is 13.0. The molecule has 0 aromatic heterocycles. The van der Waals surface area contributed by atoms with Crippen LogP contribution < -0.4 is 4.31 Å². The molecule has 0 radical (unpaired) electrons. The molecule has 3 rings (SSSR count). The number of hydrogen-bond acceptors (Lipinski definition) is 2. The Hall–Kier alpha value is -2.02. The molecule has 0 saturated heterocycles. The van der Waals surface area contributed by atoms with Gasteiger partial charge in [0.05, 0.1) is 16.1 Å². The van der Waals surface area contributed by atoms with Gasteiger partial charge in [0.15, 0.2) is 0 Å². The Morgan fingerprint density at radius 1 is 1.04 bits per heavy atom. The third-order valence-corrected chi connectivity index (χ3v) is 5.82. The normalized spacial score (nSPS) is 16.0. The molecule has 3 nitrogen and oxygen atoms in total. The lowest BCUT2D eigenvalue weighted by Gasteiger charge is -2.32. The first-order valence-corrected chi connectivity index (χ1v) is 8.45. The molecule has 1 heterocycles. The van der Waals surface area contributed by atoms with Crippen LogP contribution in [0.2, 0.25) is 0 Å². The summed E-state index contributed by atoms with van der Waals surface area (Å²) in [5, 5.41) is 0. The van der Waals surface area contributed by atoms with Crippen LogP contribution in [0.15, 0.2) is 41.3 Å². The number of benzene rings is 2. The molecule has 0 atom stereocenters. The molecule has 0 aliphatic carbocycles. The first kappa shape index (κ1) is 15.9. The van der Waals surface area contributed by atoms with E-state index in [9.17, 15) is 21.6 Å². The second-order valence-corrected chi connectivity index (χ2v) is 7.23. The van der Waals surface area contributed by atoms with Crippen LogP contribution in [-0.4, -0.2) is 15.0 Å². The van der Waals surface area contributed by atoms with Crippen LogP contribution >= 0.6 is 0 Å². The predicted molar refractivity (Wildman–Crippen MR) is 81.8 cm³/mol. The van der Waals surface area contributed by atoms with Gasteiger partial charge in [-0.1, -0.05) is 17.7 Å². The van der Waals surface area contributed by atoms with Gasteiger partial charge < -0.3 is 0 Å². The average Bonchev–Trinajstić information content (AvgIpc) is 2.45. The molecule has 23 heavy (non-hydrogen) atoms. The molecule has 1 aliphatic rings. The quantitative estimate of drug-likeness (QED) is 0.779. The third kappa shape index (κ3) is 2.39. The third-order valence-electron chi connectivity index (χ3n) is 3.87. The second-order valence-electron chi connectivity index (χ2n) is 5.40. The van der Waals surface area contributed by atoms with Crippen LogP contribution in [0.5, 0.6) is 0 Å². The van der Waals surface area contributed by atoms with E-state index in [0.29, 0.717) is 11.1 Å². The highest BCUT2D eigenvalue weighted by Crippen LogP contribution is 2.45. The van der Waals surface area contributed by atoms with Crippen molar-refractivity contribution >= 4 is 15.7 Å². The lowest BCUT2D eigenvalue weighted by molar-refractivity contribution is -0.137. The topological polar surface area (TPSA) is 37.4 Å². The van der Waals surface area contributed by atoms with Crippen molar-refractivity contribution in [2.75, 3.05) is 10.8 Å². The van der Waals surface area contributed by atoms with Crippen molar-refractivity contribution < 1.29 is 21.6 Å². The number of halogens is 3. The lowest BCUT2D eigenvalue weighted by Crippen LogP contribution is -2.34. The van der Waals surface area contributed by atoms with E-state index in [0.717, 1.165) is 22.0 Å². The maximum Gasteiger partial charge on any atom is 0.416 e. The molecule has 0 fully saturated rings. The summed E-state index contributed by atoms with van der Waals surface area (Å²) in [6, 6.07) is 8.10. The summed E-state index contributed by atoms with van der Waals surface area (Å²) in [6.07, 6.45) is -4.52.